The molecule has 1 aliphatic heterocycles. The van der Waals surface area contributed by atoms with Crippen molar-refractivity contribution in [2.24, 2.45) is 7.05 Å². The number of benzene rings is 2. The van der Waals surface area contributed by atoms with Gasteiger partial charge in [-0.15, -0.1) is 0 Å². The summed E-state index contributed by atoms with van der Waals surface area (Å²) >= 11 is 12.3. The summed E-state index contributed by atoms with van der Waals surface area (Å²) in [6.45, 7) is 4.28. The number of carbonyl (C=O) groups is 1. The number of aromatic nitrogens is 1. The highest BCUT2D eigenvalue weighted by Crippen LogP contribution is 2.31. The first-order valence-electron chi connectivity index (χ1n) is 10.4. The van der Waals surface area contributed by atoms with Crippen LogP contribution < -0.4 is 4.31 Å². The molecule has 0 radical (unpaired) electrons. The van der Waals surface area contributed by atoms with Crippen molar-refractivity contribution in [1.82, 2.24) is 9.47 Å². The monoisotopic (exact) mass is 477 g/mol. The van der Waals surface area contributed by atoms with Crippen LogP contribution in [0.4, 0.5) is 5.69 Å². The first kappa shape index (κ1) is 22.2. The fourth-order valence-corrected chi connectivity index (χ4v) is 6.07. The lowest BCUT2D eigenvalue weighted by atomic mass is 10.1. The van der Waals surface area contributed by atoms with E-state index >= 15 is 0 Å². The minimum atomic E-state index is -1.47. The van der Waals surface area contributed by atoms with E-state index in [-0.39, 0.29) is 5.91 Å². The van der Waals surface area contributed by atoms with Crippen molar-refractivity contribution < 1.29 is 9.00 Å². The van der Waals surface area contributed by atoms with Crippen LogP contribution in [-0.4, -0.2) is 39.2 Å². The Bertz CT molecular complexity index is 1130. The normalized spacial score (nSPS) is 14.9. The number of nitrogens with zero attached hydrogens (tertiary/aromatic N) is 3. The van der Waals surface area contributed by atoms with E-state index in [0.29, 0.717) is 21.5 Å². The summed E-state index contributed by atoms with van der Waals surface area (Å²) in [6.07, 6.45) is 4.84. The minimum Gasteiger partial charge on any atom is -0.350 e. The number of amides is 1. The Morgan fingerprint density at radius 1 is 1.10 bits per heavy atom. The standard InChI is InChI=1S/C23H25Cl2N3O2S/c1-3-8-28(31(30)19-12-16(24)11-17(25)13-19)18-6-7-20-21(15-26(2)22(20)14-18)23(29)27-9-4-5-10-27/h6-7,11-15H,3-5,8-10H2,1-2H3. The lowest BCUT2D eigenvalue weighted by Crippen LogP contribution is -2.27. The highest BCUT2D eigenvalue weighted by atomic mass is 35.5. The van der Waals surface area contributed by atoms with E-state index < -0.39 is 11.0 Å². The molecule has 1 unspecified atom stereocenters. The van der Waals surface area contributed by atoms with Gasteiger partial charge in [-0.05, 0) is 55.7 Å². The Morgan fingerprint density at radius 2 is 1.77 bits per heavy atom. The van der Waals surface area contributed by atoms with Crippen LogP contribution in [0.15, 0.2) is 47.5 Å². The fraction of sp³-hybridized carbons (Fsp3) is 0.348. The molecule has 1 saturated heterocycles. The number of aryl methyl sites for hydroxylation is 1. The second-order valence-corrected chi connectivity index (χ2v) is 10.1. The van der Waals surface area contributed by atoms with Crippen molar-refractivity contribution in [3.8, 4) is 0 Å². The summed E-state index contributed by atoms with van der Waals surface area (Å²) in [5.41, 5.74) is 2.48. The summed E-state index contributed by atoms with van der Waals surface area (Å²) in [5.74, 6) is 0.0819. The number of anilines is 1. The lowest BCUT2D eigenvalue weighted by Gasteiger charge is -2.23. The Balaban J connectivity index is 1.72. The van der Waals surface area contributed by atoms with Crippen LogP contribution in [0.5, 0.6) is 0 Å². The van der Waals surface area contributed by atoms with Crippen LogP contribution in [0.3, 0.4) is 0 Å². The predicted molar refractivity (Wildman–Crippen MR) is 129 cm³/mol. The maximum atomic E-state index is 13.4. The van der Waals surface area contributed by atoms with Gasteiger partial charge in [0.15, 0.2) is 11.0 Å². The Labute approximate surface area is 195 Å². The van der Waals surface area contributed by atoms with Gasteiger partial charge in [0, 0.05) is 48.3 Å². The van der Waals surface area contributed by atoms with Crippen LogP contribution in [0.2, 0.25) is 10.0 Å². The molecule has 2 aromatic carbocycles. The van der Waals surface area contributed by atoms with Gasteiger partial charge in [-0.2, -0.15) is 0 Å². The molecule has 1 fully saturated rings. The zero-order chi connectivity index (χ0) is 22.1. The van der Waals surface area contributed by atoms with Gasteiger partial charge < -0.3 is 9.47 Å². The average molecular weight is 478 g/mol. The molecule has 0 bridgehead atoms. The zero-order valence-corrected chi connectivity index (χ0v) is 19.9. The molecule has 1 atom stereocenters. The quantitative estimate of drug-likeness (QED) is 0.459. The molecule has 5 nitrogen and oxygen atoms in total. The average Bonchev–Trinajstić information content (AvgIpc) is 3.39. The van der Waals surface area contributed by atoms with Gasteiger partial charge in [0.05, 0.1) is 21.7 Å². The van der Waals surface area contributed by atoms with E-state index in [4.69, 9.17) is 23.2 Å². The maximum Gasteiger partial charge on any atom is 0.256 e. The molecule has 1 aromatic heterocycles. The number of rotatable bonds is 6. The molecule has 2 heterocycles. The molecule has 1 amide bonds. The Morgan fingerprint density at radius 3 is 2.42 bits per heavy atom. The predicted octanol–water partition coefficient (Wildman–Crippen LogP) is 5.66. The van der Waals surface area contributed by atoms with Crippen LogP contribution in [0, 0.1) is 0 Å². The van der Waals surface area contributed by atoms with Crippen molar-refractivity contribution in [3.63, 3.8) is 0 Å². The number of carbonyl (C=O) groups excluding carboxylic acids is 1. The highest BCUT2D eigenvalue weighted by Gasteiger charge is 2.24. The number of hydrogen-bond donors (Lipinski definition) is 0. The molecule has 1 aliphatic rings. The summed E-state index contributed by atoms with van der Waals surface area (Å²) in [5, 5.41) is 1.82. The minimum absolute atomic E-state index is 0.0819. The molecule has 0 N–H and O–H groups in total. The second-order valence-electron chi connectivity index (χ2n) is 7.81. The highest BCUT2D eigenvalue weighted by molar-refractivity contribution is 7.86. The van der Waals surface area contributed by atoms with E-state index in [1.54, 1.807) is 18.2 Å². The molecule has 0 spiro atoms. The van der Waals surface area contributed by atoms with E-state index in [9.17, 15) is 9.00 Å². The van der Waals surface area contributed by atoms with Crippen molar-refractivity contribution in [2.75, 3.05) is 23.9 Å². The van der Waals surface area contributed by atoms with E-state index in [2.05, 4.69) is 0 Å². The number of hydrogen-bond acceptors (Lipinski definition) is 2. The number of fused-ring (bicyclic) bond motifs is 1. The second kappa shape index (κ2) is 9.23. The van der Waals surface area contributed by atoms with Crippen LogP contribution >= 0.6 is 23.2 Å². The van der Waals surface area contributed by atoms with Crippen molar-refractivity contribution in [1.29, 1.82) is 0 Å². The van der Waals surface area contributed by atoms with E-state index in [1.165, 1.54) is 0 Å². The van der Waals surface area contributed by atoms with Gasteiger partial charge in [0.2, 0.25) is 0 Å². The van der Waals surface area contributed by atoms with Gasteiger partial charge in [0.25, 0.3) is 5.91 Å². The molecule has 0 aliphatic carbocycles. The van der Waals surface area contributed by atoms with Crippen LogP contribution in [-0.2, 0) is 18.0 Å². The third-order valence-corrected chi connectivity index (χ3v) is 7.42. The van der Waals surface area contributed by atoms with Crippen LogP contribution in [0.25, 0.3) is 10.9 Å². The SMILES string of the molecule is CCCN(c1ccc2c(C(=O)N3CCCC3)cn(C)c2c1)S(=O)c1cc(Cl)cc(Cl)c1. The van der Waals surface area contributed by atoms with E-state index in [1.807, 2.05) is 52.1 Å². The van der Waals surface area contributed by atoms with Gasteiger partial charge >= 0.3 is 0 Å². The molecular weight excluding hydrogens is 453 g/mol. The summed E-state index contributed by atoms with van der Waals surface area (Å²) < 4.78 is 17.2. The molecule has 4 rings (SSSR count). The van der Waals surface area contributed by atoms with Crippen molar-refractivity contribution in [2.45, 2.75) is 31.1 Å². The van der Waals surface area contributed by atoms with E-state index in [0.717, 1.165) is 54.5 Å². The maximum absolute atomic E-state index is 13.4. The Hall–Kier alpha value is -2.02. The first-order chi connectivity index (χ1) is 14.9. The molecule has 0 saturated carbocycles. The summed E-state index contributed by atoms with van der Waals surface area (Å²) in [6, 6.07) is 10.9. The van der Waals surface area contributed by atoms with Gasteiger partial charge in [0.1, 0.15) is 0 Å². The zero-order valence-electron chi connectivity index (χ0n) is 17.6. The summed E-state index contributed by atoms with van der Waals surface area (Å²) in [4.78, 5) is 15.5. The molecule has 8 heteroatoms. The summed E-state index contributed by atoms with van der Waals surface area (Å²) in [7, 11) is 0.469. The first-order valence-corrected chi connectivity index (χ1v) is 12.3. The van der Waals surface area contributed by atoms with Crippen LogP contribution in [0.1, 0.15) is 36.5 Å². The van der Waals surface area contributed by atoms with Gasteiger partial charge in [-0.25, -0.2) is 4.21 Å². The van der Waals surface area contributed by atoms with Crippen molar-refractivity contribution >= 4 is 56.7 Å². The molecule has 3 aromatic rings. The lowest BCUT2D eigenvalue weighted by molar-refractivity contribution is 0.0794. The Kier molecular flexibility index (Phi) is 6.60. The molecular formula is C23H25Cl2N3O2S. The van der Waals surface area contributed by atoms with Gasteiger partial charge in [-0.1, -0.05) is 30.1 Å². The topological polar surface area (TPSA) is 45.6 Å². The smallest absolute Gasteiger partial charge is 0.256 e. The third kappa shape index (κ3) is 4.47. The molecule has 164 valence electrons. The van der Waals surface area contributed by atoms with Gasteiger partial charge in [-0.3, -0.25) is 9.10 Å². The van der Waals surface area contributed by atoms with Crippen molar-refractivity contribution in [3.05, 3.63) is 58.2 Å². The number of halogens is 2. The largest absolute Gasteiger partial charge is 0.350 e. The molecule has 31 heavy (non-hydrogen) atoms. The fourth-order valence-electron chi connectivity index (χ4n) is 4.06. The number of likely N-dealkylation sites (tertiary alicyclic amines) is 1. The third-order valence-electron chi connectivity index (χ3n) is 5.55.